The van der Waals surface area contributed by atoms with Crippen LogP contribution in [0.4, 0.5) is 4.39 Å². The fraction of sp³-hybridized carbons (Fsp3) is 0.333. The number of aromatic hydroxyl groups is 1. The molecule has 1 aromatic carbocycles. The van der Waals surface area contributed by atoms with Crippen molar-refractivity contribution in [2.75, 3.05) is 13.6 Å². The van der Waals surface area contributed by atoms with E-state index in [9.17, 15) is 4.39 Å². The molecule has 4 heteroatoms. The molecule has 0 radical (unpaired) electrons. The van der Waals surface area contributed by atoms with Crippen molar-refractivity contribution in [1.82, 2.24) is 5.32 Å². The highest BCUT2D eigenvalue weighted by Gasteiger charge is 2.06. The molecule has 0 amide bonds. The molecule has 0 heterocycles. The van der Waals surface area contributed by atoms with Crippen LogP contribution in [-0.2, 0) is 6.42 Å². The van der Waals surface area contributed by atoms with Crippen LogP contribution >= 0.6 is 11.6 Å². The molecule has 0 fully saturated rings. The summed E-state index contributed by atoms with van der Waals surface area (Å²) in [5.74, 6) is -0.635. The van der Waals surface area contributed by atoms with E-state index in [1.165, 1.54) is 6.07 Å². The maximum absolute atomic E-state index is 13.1. The van der Waals surface area contributed by atoms with Crippen molar-refractivity contribution in [2.45, 2.75) is 6.42 Å². The number of rotatable bonds is 3. The predicted octanol–water partition coefficient (Wildman–Crippen LogP) is 1.95. The summed E-state index contributed by atoms with van der Waals surface area (Å²) >= 11 is 5.63. The molecular weight excluding hydrogens is 193 g/mol. The van der Waals surface area contributed by atoms with Crippen LogP contribution in [0, 0.1) is 5.82 Å². The summed E-state index contributed by atoms with van der Waals surface area (Å²) in [4.78, 5) is 0. The van der Waals surface area contributed by atoms with Gasteiger partial charge in [0.25, 0.3) is 0 Å². The van der Waals surface area contributed by atoms with Crippen LogP contribution in [0.15, 0.2) is 12.1 Å². The molecule has 2 N–H and O–H groups in total. The van der Waals surface area contributed by atoms with E-state index in [-0.39, 0.29) is 10.8 Å². The summed E-state index contributed by atoms with van der Waals surface area (Å²) in [7, 11) is 1.79. The van der Waals surface area contributed by atoms with Crippen LogP contribution in [0.3, 0.4) is 0 Å². The van der Waals surface area contributed by atoms with E-state index >= 15 is 0 Å². The van der Waals surface area contributed by atoms with Crippen LogP contribution in [-0.4, -0.2) is 18.7 Å². The van der Waals surface area contributed by atoms with Gasteiger partial charge in [-0.2, -0.15) is 0 Å². The topological polar surface area (TPSA) is 32.3 Å². The van der Waals surface area contributed by atoms with Crippen molar-refractivity contribution in [3.8, 4) is 5.75 Å². The quantitative estimate of drug-likeness (QED) is 0.787. The van der Waals surface area contributed by atoms with Crippen molar-refractivity contribution < 1.29 is 9.50 Å². The average molecular weight is 204 g/mol. The monoisotopic (exact) mass is 203 g/mol. The van der Waals surface area contributed by atoms with Gasteiger partial charge in [-0.1, -0.05) is 11.6 Å². The van der Waals surface area contributed by atoms with Crippen molar-refractivity contribution in [1.29, 1.82) is 0 Å². The Bertz CT molecular complexity index is 304. The van der Waals surface area contributed by atoms with Gasteiger partial charge in [-0.15, -0.1) is 0 Å². The Morgan fingerprint density at radius 1 is 1.54 bits per heavy atom. The Morgan fingerprint density at radius 2 is 2.23 bits per heavy atom. The smallest absolute Gasteiger partial charge is 0.137 e. The second kappa shape index (κ2) is 4.44. The Labute approximate surface area is 81.3 Å². The maximum Gasteiger partial charge on any atom is 0.137 e. The van der Waals surface area contributed by atoms with E-state index in [0.29, 0.717) is 18.5 Å². The minimum atomic E-state index is -0.419. The molecule has 0 atom stereocenters. The maximum atomic E-state index is 13.1. The zero-order chi connectivity index (χ0) is 9.84. The van der Waals surface area contributed by atoms with Gasteiger partial charge in [0.2, 0.25) is 0 Å². The number of likely N-dealkylation sites (N-methyl/N-ethyl adjacent to an activating group) is 1. The largest absolute Gasteiger partial charge is 0.506 e. The molecule has 0 unspecified atom stereocenters. The molecule has 2 nitrogen and oxygen atoms in total. The lowest BCUT2D eigenvalue weighted by Gasteiger charge is -2.04. The molecule has 0 aliphatic rings. The Morgan fingerprint density at radius 3 is 2.85 bits per heavy atom. The predicted molar refractivity (Wildman–Crippen MR) is 50.7 cm³/mol. The number of hydrogen-bond acceptors (Lipinski definition) is 2. The highest BCUT2D eigenvalue weighted by atomic mass is 35.5. The number of hydrogen-bond donors (Lipinski definition) is 2. The van der Waals surface area contributed by atoms with Gasteiger partial charge in [0, 0.05) is 6.07 Å². The van der Waals surface area contributed by atoms with Gasteiger partial charge >= 0.3 is 0 Å². The average Bonchev–Trinajstić information content (AvgIpc) is 2.09. The minimum Gasteiger partial charge on any atom is -0.506 e. The van der Waals surface area contributed by atoms with Gasteiger partial charge in [0.05, 0.1) is 5.02 Å². The van der Waals surface area contributed by atoms with Crippen LogP contribution in [0.25, 0.3) is 0 Å². The second-order valence-corrected chi connectivity index (χ2v) is 3.16. The van der Waals surface area contributed by atoms with E-state index < -0.39 is 5.82 Å². The third-order valence-electron chi connectivity index (χ3n) is 1.76. The lowest BCUT2D eigenvalue weighted by Crippen LogP contribution is -2.11. The lowest BCUT2D eigenvalue weighted by molar-refractivity contribution is 0.468. The third kappa shape index (κ3) is 2.57. The van der Waals surface area contributed by atoms with Crippen molar-refractivity contribution in [2.24, 2.45) is 0 Å². The molecular formula is C9H11ClFNO. The number of phenols is 1. The first-order chi connectivity index (χ1) is 6.15. The molecule has 0 spiro atoms. The normalized spacial score (nSPS) is 10.4. The summed E-state index contributed by atoms with van der Waals surface area (Å²) in [6, 6.07) is 2.48. The molecule has 1 aromatic rings. The summed E-state index contributed by atoms with van der Waals surface area (Å²) in [6.45, 7) is 0.679. The number of phenolic OH excluding ortho intramolecular Hbond substituents is 1. The second-order valence-electron chi connectivity index (χ2n) is 2.75. The van der Waals surface area contributed by atoms with E-state index in [4.69, 9.17) is 16.7 Å². The van der Waals surface area contributed by atoms with Gasteiger partial charge in [0.1, 0.15) is 11.6 Å². The van der Waals surface area contributed by atoms with E-state index in [0.717, 1.165) is 6.07 Å². The highest BCUT2D eigenvalue weighted by molar-refractivity contribution is 6.32. The van der Waals surface area contributed by atoms with Crippen molar-refractivity contribution in [3.63, 3.8) is 0 Å². The Balaban J connectivity index is 2.88. The molecule has 0 saturated heterocycles. The molecule has 13 heavy (non-hydrogen) atoms. The van der Waals surface area contributed by atoms with Crippen molar-refractivity contribution in [3.05, 3.63) is 28.5 Å². The number of nitrogens with one attached hydrogen (secondary N) is 1. The SMILES string of the molecule is CNCCc1cc(Cl)c(O)cc1F. The van der Waals surface area contributed by atoms with E-state index in [1.54, 1.807) is 7.05 Å². The summed E-state index contributed by atoms with van der Waals surface area (Å²) in [5, 5.41) is 12.2. The first-order valence-corrected chi connectivity index (χ1v) is 4.34. The zero-order valence-corrected chi connectivity index (χ0v) is 8.03. The van der Waals surface area contributed by atoms with Gasteiger partial charge in [-0.05, 0) is 31.6 Å². The van der Waals surface area contributed by atoms with Crippen LogP contribution in [0.2, 0.25) is 5.02 Å². The Kier molecular flexibility index (Phi) is 3.51. The highest BCUT2D eigenvalue weighted by Crippen LogP contribution is 2.26. The molecule has 0 aliphatic carbocycles. The zero-order valence-electron chi connectivity index (χ0n) is 7.27. The van der Waals surface area contributed by atoms with Gasteiger partial charge in [-0.25, -0.2) is 4.39 Å². The van der Waals surface area contributed by atoms with Crippen LogP contribution in [0.5, 0.6) is 5.75 Å². The molecule has 72 valence electrons. The molecule has 0 aliphatic heterocycles. The summed E-state index contributed by atoms with van der Waals surface area (Å²) < 4.78 is 13.1. The van der Waals surface area contributed by atoms with Gasteiger partial charge < -0.3 is 10.4 Å². The first-order valence-electron chi connectivity index (χ1n) is 3.96. The minimum absolute atomic E-state index is 0.188. The molecule has 0 aromatic heterocycles. The fourth-order valence-electron chi connectivity index (χ4n) is 1.03. The third-order valence-corrected chi connectivity index (χ3v) is 2.06. The van der Waals surface area contributed by atoms with Crippen LogP contribution in [0.1, 0.15) is 5.56 Å². The molecule has 0 bridgehead atoms. The standard InChI is InChI=1S/C9H11ClFNO/c1-12-3-2-6-4-7(10)9(13)5-8(6)11/h4-5,12-13H,2-3H2,1H3. The molecule has 0 saturated carbocycles. The summed E-state index contributed by atoms with van der Waals surface area (Å²) in [6.07, 6.45) is 0.558. The number of halogens is 2. The first kappa shape index (κ1) is 10.3. The van der Waals surface area contributed by atoms with E-state index in [1.807, 2.05) is 0 Å². The van der Waals surface area contributed by atoms with Gasteiger partial charge in [0.15, 0.2) is 0 Å². The lowest BCUT2D eigenvalue weighted by atomic mass is 10.1. The van der Waals surface area contributed by atoms with Crippen LogP contribution < -0.4 is 5.32 Å². The van der Waals surface area contributed by atoms with Crippen molar-refractivity contribution >= 4 is 11.6 Å². The van der Waals surface area contributed by atoms with E-state index in [2.05, 4.69) is 5.32 Å². The van der Waals surface area contributed by atoms with Gasteiger partial charge in [-0.3, -0.25) is 0 Å². The number of benzene rings is 1. The fourth-order valence-corrected chi connectivity index (χ4v) is 1.22. The Hall–Kier alpha value is -0.800. The molecule has 1 rings (SSSR count). The summed E-state index contributed by atoms with van der Waals surface area (Å²) in [5.41, 5.74) is 0.511.